The Kier molecular flexibility index (Phi) is 5.23. The number of benzene rings is 2. The van der Waals surface area contributed by atoms with Gasteiger partial charge in [-0.05, 0) is 37.1 Å². The third kappa shape index (κ3) is 4.40. The van der Waals surface area contributed by atoms with E-state index in [1.807, 2.05) is 24.3 Å². The molecule has 0 saturated heterocycles. The van der Waals surface area contributed by atoms with Crippen LogP contribution in [0, 0.1) is 0 Å². The molecule has 1 atom stereocenters. The van der Waals surface area contributed by atoms with Gasteiger partial charge in [-0.1, -0.05) is 24.3 Å². The number of esters is 1. The second kappa shape index (κ2) is 7.82. The van der Waals surface area contributed by atoms with Crippen molar-refractivity contribution < 1.29 is 27.1 Å². The number of thiazole rings is 1. The molecule has 0 unspecified atom stereocenters. The summed E-state index contributed by atoms with van der Waals surface area (Å²) in [6, 6.07) is 13.9. The lowest BCUT2D eigenvalue weighted by molar-refractivity contribution is -0.229. The molecule has 2 aromatic carbocycles. The normalized spacial score (nSPS) is 13.1. The number of alkyl halides is 3. The van der Waals surface area contributed by atoms with Crippen molar-refractivity contribution in [2.24, 2.45) is 0 Å². The maximum absolute atomic E-state index is 13.4. The minimum Gasteiger partial charge on any atom is -0.442 e. The first-order chi connectivity index (χ1) is 13.9. The van der Waals surface area contributed by atoms with E-state index in [4.69, 9.17) is 9.15 Å². The number of aromatic nitrogens is 2. The quantitative estimate of drug-likeness (QED) is 0.380. The number of nitrogens with zero attached hydrogens (tertiary/aromatic N) is 2. The van der Waals surface area contributed by atoms with Gasteiger partial charge in [-0.2, -0.15) is 13.2 Å². The molecule has 5 nitrogen and oxygen atoms in total. The summed E-state index contributed by atoms with van der Waals surface area (Å²) in [4.78, 5) is 20.3. The molecule has 0 fully saturated rings. The molecule has 4 aromatic rings. The van der Waals surface area contributed by atoms with Gasteiger partial charge in [0, 0.05) is 6.42 Å². The highest BCUT2D eigenvalue weighted by atomic mass is 32.1. The zero-order chi connectivity index (χ0) is 20.4. The minimum atomic E-state index is -4.83. The smallest absolute Gasteiger partial charge is 0.434 e. The molecule has 2 aromatic heterocycles. The topological polar surface area (TPSA) is 65.2 Å². The summed E-state index contributed by atoms with van der Waals surface area (Å²) in [5.74, 6) is -1.64. The van der Waals surface area contributed by atoms with Gasteiger partial charge in [0.1, 0.15) is 5.52 Å². The molecule has 150 valence electrons. The molecular formula is C20H15F3N2O3S. The van der Waals surface area contributed by atoms with Crippen molar-refractivity contribution in [3.8, 4) is 0 Å². The lowest BCUT2D eigenvalue weighted by Gasteiger charge is -2.17. The average molecular weight is 420 g/mol. The summed E-state index contributed by atoms with van der Waals surface area (Å²) in [5.41, 5.74) is 1.33. The molecule has 0 radical (unpaired) electrons. The second-order valence-corrected chi connectivity index (χ2v) is 7.48. The van der Waals surface area contributed by atoms with Crippen LogP contribution in [-0.4, -0.2) is 22.1 Å². The van der Waals surface area contributed by atoms with E-state index in [1.165, 1.54) is 23.5 Å². The van der Waals surface area contributed by atoms with E-state index < -0.39 is 24.1 Å². The molecule has 0 aliphatic rings. The summed E-state index contributed by atoms with van der Waals surface area (Å²) < 4.78 is 51.1. The molecule has 0 spiro atoms. The number of hydrogen-bond acceptors (Lipinski definition) is 6. The van der Waals surface area contributed by atoms with Gasteiger partial charge in [-0.25, -0.2) is 9.97 Å². The third-order valence-corrected chi connectivity index (χ3v) is 5.29. The minimum absolute atomic E-state index is 0.164. The molecule has 2 heterocycles. The number of ether oxygens (including phenoxy) is 1. The van der Waals surface area contributed by atoms with Crippen molar-refractivity contribution in [2.45, 2.75) is 31.5 Å². The first-order valence-electron chi connectivity index (χ1n) is 8.86. The number of para-hydroxylation sites is 3. The van der Waals surface area contributed by atoms with Crippen LogP contribution in [0.5, 0.6) is 0 Å². The predicted molar refractivity (Wildman–Crippen MR) is 101 cm³/mol. The van der Waals surface area contributed by atoms with Crippen molar-refractivity contribution in [1.82, 2.24) is 9.97 Å². The Morgan fingerprint density at radius 3 is 2.52 bits per heavy atom. The SMILES string of the molecule is O=C(CCCc1nc2ccccc2s1)O[C@H](c1nc2ccccc2o1)C(F)(F)F. The number of halogens is 3. The van der Waals surface area contributed by atoms with Crippen molar-refractivity contribution in [1.29, 1.82) is 0 Å². The number of rotatable bonds is 6. The standard InChI is InChI=1S/C20H15F3N2O3S/c21-20(22,23)18(19-25-12-6-1-3-8-14(12)27-19)28-17(26)11-5-10-16-24-13-7-2-4-9-15(13)29-16/h1-4,6-9,18H,5,10-11H2/t18-/m1/s1. The Balaban J connectivity index is 1.40. The van der Waals surface area contributed by atoms with Crippen molar-refractivity contribution in [3.05, 3.63) is 59.4 Å². The molecule has 0 aliphatic heterocycles. The predicted octanol–water partition coefficient (Wildman–Crippen LogP) is 5.61. The monoisotopic (exact) mass is 420 g/mol. The van der Waals surface area contributed by atoms with Crippen LogP contribution < -0.4 is 0 Å². The van der Waals surface area contributed by atoms with E-state index in [2.05, 4.69) is 9.97 Å². The Labute approximate surface area is 167 Å². The number of oxazole rings is 1. The van der Waals surface area contributed by atoms with Crippen molar-refractivity contribution >= 4 is 38.6 Å². The third-order valence-electron chi connectivity index (χ3n) is 4.19. The fourth-order valence-electron chi connectivity index (χ4n) is 2.86. The average Bonchev–Trinajstić information content (AvgIpc) is 3.28. The van der Waals surface area contributed by atoms with Gasteiger partial charge in [-0.15, -0.1) is 11.3 Å². The van der Waals surface area contributed by atoms with Gasteiger partial charge >= 0.3 is 12.1 Å². The summed E-state index contributed by atoms with van der Waals surface area (Å²) in [6.07, 6.45) is -6.72. The fourth-order valence-corrected chi connectivity index (χ4v) is 3.87. The molecular weight excluding hydrogens is 405 g/mol. The zero-order valence-electron chi connectivity index (χ0n) is 15.0. The zero-order valence-corrected chi connectivity index (χ0v) is 15.8. The molecule has 29 heavy (non-hydrogen) atoms. The Morgan fingerprint density at radius 1 is 1.07 bits per heavy atom. The highest BCUT2D eigenvalue weighted by Crippen LogP contribution is 2.37. The fraction of sp³-hybridized carbons (Fsp3) is 0.250. The van der Waals surface area contributed by atoms with E-state index in [1.54, 1.807) is 12.1 Å². The van der Waals surface area contributed by atoms with Gasteiger partial charge in [0.2, 0.25) is 5.89 Å². The van der Waals surface area contributed by atoms with E-state index >= 15 is 0 Å². The second-order valence-electron chi connectivity index (χ2n) is 6.36. The largest absolute Gasteiger partial charge is 0.442 e. The van der Waals surface area contributed by atoms with Gasteiger partial charge < -0.3 is 9.15 Å². The van der Waals surface area contributed by atoms with Crippen LogP contribution >= 0.6 is 11.3 Å². The van der Waals surface area contributed by atoms with Gasteiger partial charge in [0.15, 0.2) is 5.58 Å². The van der Waals surface area contributed by atoms with E-state index in [-0.39, 0.29) is 17.5 Å². The first-order valence-corrected chi connectivity index (χ1v) is 9.68. The van der Waals surface area contributed by atoms with Gasteiger partial charge in [0.05, 0.1) is 15.2 Å². The summed E-state index contributed by atoms with van der Waals surface area (Å²) in [6.45, 7) is 0. The van der Waals surface area contributed by atoms with Crippen molar-refractivity contribution in [3.63, 3.8) is 0 Å². The van der Waals surface area contributed by atoms with E-state index in [0.29, 0.717) is 12.8 Å². The van der Waals surface area contributed by atoms with Crippen LogP contribution in [-0.2, 0) is 16.0 Å². The van der Waals surface area contributed by atoms with Gasteiger partial charge in [-0.3, -0.25) is 4.79 Å². The molecule has 0 saturated carbocycles. The Bertz CT molecular complexity index is 1090. The molecule has 0 N–H and O–H groups in total. The molecule has 0 aliphatic carbocycles. The van der Waals surface area contributed by atoms with Crippen LogP contribution in [0.3, 0.4) is 0 Å². The van der Waals surface area contributed by atoms with Gasteiger partial charge in [0.25, 0.3) is 6.10 Å². The molecule has 4 rings (SSSR count). The van der Waals surface area contributed by atoms with Crippen molar-refractivity contribution in [2.75, 3.05) is 0 Å². The maximum atomic E-state index is 13.4. The lowest BCUT2D eigenvalue weighted by atomic mass is 10.2. The molecule has 9 heteroatoms. The Morgan fingerprint density at radius 2 is 1.79 bits per heavy atom. The van der Waals surface area contributed by atoms with E-state index in [9.17, 15) is 18.0 Å². The number of carbonyl (C=O) groups excluding carboxylic acids is 1. The first kappa shape index (κ1) is 19.4. The van der Waals surface area contributed by atoms with Crippen LogP contribution in [0.4, 0.5) is 13.2 Å². The summed E-state index contributed by atoms with van der Waals surface area (Å²) in [7, 11) is 0. The van der Waals surface area contributed by atoms with Crippen LogP contribution in [0.1, 0.15) is 29.8 Å². The van der Waals surface area contributed by atoms with Crippen LogP contribution in [0.2, 0.25) is 0 Å². The number of carbonyl (C=O) groups is 1. The lowest BCUT2D eigenvalue weighted by Crippen LogP contribution is -2.26. The Hall–Kier alpha value is -2.94. The summed E-state index contributed by atoms with van der Waals surface area (Å²) >= 11 is 1.50. The number of hydrogen-bond donors (Lipinski definition) is 0. The summed E-state index contributed by atoms with van der Waals surface area (Å²) in [5, 5.41) is 0.824. The van der Waals surface area contributed by atoms with E-state index in [0.717, 1.165) is 15.2 Å². The van der Waals surface area contributed by atoms with Crippen LogP contribution in [0.15, 0.2) is 52.9 Å². The highest BCUT2D eigenvalue weighted by molar-refractivity contribution is 7.18. The number of aryl methyl sites for hydroxylation is 1. The number of fused-ring (bicyclic) bond motifs is 2. The molecule has 0 bridgehead atoms. The molecule has 0 amide bonds. The van der Waals surface area contributed by atoms with Crippen LogP contribution in [0.25, 0.3) is 21.3 Å². The highest BCUT2D eigenvalue weighted by Gasteiger charge is 2.47. The maximum Gasteiger partial charge on any atom is 0.434 e.